The molecular formula is C22H24N4O5S. The molecule has 168 valence electrons. The number of ether oxygens (including phenoxy) is 1. The number of nitrogens with one attached hydrogen (secondary N) is 1. The fraction of sp³-hybridized carbons (Fsp3) is 0.227. The van der Waals surface area contributed by atoms with E-state index in [2.05, 4.69) is 14.7 Å². The van der Waals surface area contributed by atoms with Crippen molar-refractivity contribution in [2.45, 2.75) is 31.7 Å². The van der Waals surface area contributed by atoms with Crippen molar-refractivity contribution in [1.82, 2.24) is 9.97 Å². The van der Waals surface area contributed by atoms with E-state index >= 15 is 0 Å². The van der Waals surface area contributed by atoms with Crippen LogP contribution in [0.4, 0.5) is 5.95 Å². The molecule has 1 heterocycles. The van der Waals surface area contributed by atoms with Gasteiger partial charge in [-0.2, -0.15) is 4.98 Å². The van der Waals surface area contributed by atoms with Gasteiger partial charge in [-0.15, -0.1) is 0 Å². The summed E-state index contributed by atoms with van der Waals surface area (Å²) in [4.78, 5) is 19.5. The maximum absolute atomic E-state index is 12.9. The topological polar surface area (TPSA) is 144 Å². The molecule has 0 aliphatic carbocycles. The molecule has 2 aromatic carbocycles. The Balaban J connectivity index is 2.06. The summed E-state index contributed by atoms with van der Waals surface area (Å²) in [6.07, 6.45) is 0. The Morgan fingerprint density at radius 1 is 1.12 bits per heavy atom. The lowest BCUT2D eigenvalue weighted by Gasteiger charge is -2.14. The van der Waals surface area contributed by atoms with Gasteiger partial charge >= 0.3 is 5.97 Å². The Kier molecular flexibility index (Phi) is 6.75. The lowest BCUT2D eigenvalue weighted by Crippen LogP contribution is -2.24. The average Bonchev–Trinajstić information content (AvgIpc) is 2.72. The Hall–Kier alpha value is -3.50. The Morgan fingerprint density at radius 2 is 1.78 bits per heavy atom. The van der Waals surface area contributed by atoms with Crippen LogP contribution in [0.25, 0.3) is 11.3 Å². The molecule has 9 nitrogen and oxygen atoms in total. The molecule has 0 radical (unpaired) electrons. The number of aromatic nitrogens is 2. The van der Waals surface area contributed by atoms with Crippen molar-refractivity contribution in [3.63, 3.8) is 0 Å². The lowest BCUT2D eigenvalue weighted by molar-refractivity contribution is 0.0696. The summed E-state index contributed by atoms with van der Waals surface area (Å²) in [6.45, 7) is 5.80. The number of nitrogens with zero attached hydrogens (tertiary/aromatic N) is 2. The number of carbonyl (C=O) groups is 1. The summed E-state index contributed by atoms with van der Waals surface area (Å²) in [6, 6.07) is 12.1. The Morgan fingerprint density at radius 3 is 2.41 bits per heavy atom. The van der Waals surface area contributed by atoms with Crippen LogP contribution in [-0.4, -0.2) is 42.1 Å². The smallest absolute Gasteiger partial charge is 0.335 e. The van der Waals surface area contributed by atoms with E-state index in [0.717, 1.165) is 22.8 Å². The summed E-state index contributed by atoms with van der Waals surface area (Å²) < 4.78 is 33.7. The third-order valence-corrected chi connectivity index (χ3v) is 5.88. The molecule has 1 aromatic heterocycles. The van der Waals surface area contributed by atoms with E-state index < -0.39 is 16.0 Å². The molecule has 3 rings (SSSR count). The lowest BCUT2D eigenvalue weighted by atomic mass is 10.00. The highest BCUT2D eigenvalue weighted by molar-refractivity contribution is 7.92. The minimum absolute atomic E-state index is 0.154. The van der Waals surface area contributed by atoms with Crippen molar-refractivity contribution >= 4 is 21.9 Å². The van der Waals surface area contributed by atoms with Gasteiger partial charge in [-0.3, -0.25) is 0 Å². The fourth-order valence-electron chi connectivity index (χ4n) is 3.08. The van der Waals surface area contributed by atoms with Crippen LogP contribution in [0.2, 0.25) is 0 Å². The summed E-state index contributed by atoms with van der Waals surface area (Å²) in [5.74, 6) is -1.28. The predicted molar refractivity (Wildman–Crippen MR) is 120 cm³/mol. The molecule has 0 bridgehead atoms. The maximum Gasteiger partial charge on any atom is 0.335 e. The second-order valence-electron chi connectivity index (χ2n) is 7.41. The van der Waals surface area contributed by atoms with Gasteiger partial charge < -0.3 is 15.6 Å². The highest BCUT2D eigenvalue weighted by atomic mass is 32.2. The van der Waals surface area contributed by atoms with E-state index in [1.807, 2.05) is 32.0 Å². The molecule has 0 saturated carbocycles. The van der Waals surface area contributed by atoms with Crippen LogP contribution in [0.3, 0.4) is 0 Å². The van der Waals surface area contributed by atoms with Crippen LogP contribution in [0.5, 0.6) is 5.88 Å². The van der Waals surface area contributed by atoms with E-state index in [-0.39, 0.29) is 34.9 Å². The van der Waals surface area contributed by atoms with Gasteiger partial charge in [0.1, 0.15) is 6.61 Å². The van der Waals surface area contributed by atoms with Crippen molar-refractivity contribution < 1.29 is 23.1 Å². The van der Waals surface area contributed by atoms with Gasteiger partial charge in [-0.05, 0) is 50.1 Å². The molecule has 0 aliphatic heterocycles. The first-order valence-corrected chi connectivity index (χ1v) is 11.3. The molecule has 32 heavy (non-hydrogen) atoms. The van der Waals surface area contributed by atoms with E-state index in [4.69, 9.17) is 15.6 Å². The molecule has 0 amide bonds. The first-order valence-electron chi connectivity index (χ1n) is 9.77. The molecule has 0 saturated heterocycles. The van der Waals surface area contributed by atoms with E-state index in [1.165, 1.54) is 18.2 Å². The van der Waals surface area contributed by atoms with E-state index in [1.54, 1.807) is 13.0 Å². The zero-order chi connectivity index (χ0) is 23.5. The van der Waals surface area contributed by atoms with Gasteiger partial charge in [0.05, 0.1) is 16.2 Å². The minimum Gasteiger partial charge on any atom is -0.478 e. The van der Waals surface area contributed by atoms with Gasteiger partial charge in [0.2, 0.25) is 11.8 Å². The standard InChI is InChI=1S/C22H24N4O5S/c1-13-6-4-7-14(2)20(13)18-11-19(31-12-15(3)23)25-22(24-18)26-32(29,30)17-9-5-8-16(10-17)21(27)28/h4-11,15H,12,23H2,1-3H3,(H,27,28)(H,24,25,26). The van der Waals surface area contributed by atoms with E-state index in [0.29, 0.717) is 5.69 Å². The van der Waals surface area contributed by atoms with Crippen LogP contribution in [0.1, 0.15) is 28.4 Å². The number of sulfonamides is 1. The normalized spacial score (nSPS) is 12.2. The van der Waals surface area contributed by atoms with Gasteiger partial charge in [0.25, 0.3) is 10.0 Å². The maximum atomic E-state index is 12.9. The van der Waals surface area contributed by atoms with Crippen LogP contribution in [0, 0.1) is 13.8 Å². The fourth-order valence-corrected chi connectivity index (χ4v) is 4.07. The molecule has 3 aromatic rings. The zero-order valence-corrected chi connectivity index (χ0v) is 18.7. The van der Waals surface area contributed by atoms with E-state index in [9.17, 15) is 13.2 Å². The second kappa shape index (κ2) is 9.33. The first-order chi connectivity index (χ1) is 15.1. The molecular weight excluding hydrogens is 432 g/mol. The summed E-state index contributed by atoms with van der Waals surface area (Å²) >= 11 is 0. The SMILES string of the molecule is Cc1cccc(C)c1-c1cc(OCC(C)N)nc(NS(=O)(=O)c2cccc(C(=O)O)c2)n1. The number of aryl methyl sites for hydroxylation is 2. The number of benzene rings is 2. The van der Waals surface area contributed by atoms with Gasteiger partial charge in [0, 0.05) is 17.7 Å². The number of carboxylic acids is 1. The predicted octanol–water partition coefficient (Wildman–Crippen LogP) is 2.99. The average molecular weight is 457 g/mol. The largest absolute Gasteiger partial charge is 0.478 e. The zero-order valence-electron chi connectivity index (χ0n) is 17.9. The summed E-state index contributed by atoms with van der Waals surface area (Å²) in [5.41, 5.74) is 8.81. The highest BCUT2D eigenvalue weighted by Crippen LogP contribution is 2.29. The number of hydrogen-bond donors (Lipinski definition) is 3. The van der Waals surface area contributed by atoms with Crippen molar-refractivity contribution in [2.24, 2.45) is 5.73 Å². The minimum atomic E-state index is -4.16. The first kappa shape index (κ1) is 23.2. The van der Waals surface area contributed by atoms with Crippen molar-refractivity contribution in [3.05, 3.63) is 65.2 Å². The molecule has 4 N–H and O–H groups in total. The van der Waals surface area contributed by atoms with Crippen LogP contribution < -0.4 is 15.2 Å². The molecule has 1 unspecified atom stereocenters. The third kappa shape index (κ3) is 5.40. The Labute approximate surface area is 186 Å². The van der Waals surface area contributed by atoms with Crippen molar-refractivity contribution in [3.8, 4) is 17.1 Å². The quantitative estimate of drug-likeness (QED) is 0.469. The highest BCUT2D eigenvalue weighted by Gasteiger charge is 2.20. The van der Waals surface area contributed by atoms with Crippen LogP contribution in [0.15, 0.2) is 53.4 Å². The van der Waals surface area contributed by atoms with Crippen LogP contribution >= 0.6 is 0 Å². The Bertz CT molecular complexity index is 1240. The number of hydrogen-bond acceptors (Lipinski definition) is 7. The molecule has 10 heteroatoms. The monoisotopic (exact) mass is 456 g/mol. The summed E-state index contributed by atoms with van der Waals surface area (Å²) in [7, 11) is -4.16. The van der Waals surface area contributed by atoms with Crippen LogP contribution in [-0.2, 0) is 10.0 Å². The third-order valence-electron chi connectivity index (χ3n) is 4.55. The number of carboxylic acid groups (broad SMARTS) is 1. The number of aromatic carboxylic acids is 1. The van der Waals surface area contributed by atoms with Gasteiger partial charge in [-0.25, -0.2) is 22.9 Å². The molecule has 0 spiro atoms. The van der Waals surface area contributed by atoms with Gasteiger partial charge in [-0.1, -0.05) is 24.3 Å². The number of rotatable bonds is 8. The number of anilines is 1. The summed E-state index contributed by atoms with van der Waals surface area (Å²) in [5, 5.41) is 9.15. The molecule has 0 aliphatic rings. The molecule has 0 fully saturated rings. The second-order valence-corrected chi connectivity index (χ2v) is 9.09. The molecule has 1 atom stereocenters. The number of nitrogens with two attached hydrogens (primary N) is 1. The van der Waals surface area contributed by atoms with Gasteiger partial charge in [0.15, 0.2) is 0 Å². The van der Waals surface area contributed by atoms with Crippen molar-refractivity contribution in [1.29, 1.82) is 0 Å². The van der Waals surface area contributed by atoms with Crippen molar-refractivity contribution in [2.75, 3.05) is 11.3 Å².